The quantitative estimate of drug-likeness (QED) is 0.212. The molecule has 3 heterocycles. The van der Waals surface area contributed by atoms with Crippen LogP contribution < -0.4 is 25.9 Å². The lowest BCUT2D eigenvalue weighted by Crippen LogP contribution is -2.57. The topological polar surface area (TPSA) is 31.4 Å². The van der Waals surface area contributed by atoms with Crippen molar-refractivity contribution in [3.05, 3.63) is 108 Å². The summed E-state index contributed by atoms with van der Waals surface area (Å²) >= 11 is 0. The van der Waals surface area contributed by atoms with Crippen LogP contribution in [-0.2, 0) is 10.8 Å². The molecule has 0 N–H and O–H groups in total. The normalized spacial score (nSPS) is 13.5. The van der Waals surface area contributed by atoms with Crippen LogP contribution in [-0.4, -0.2) is 11.7 Å². The van der Waals surface area contributed by atoms with Crippen LogP contribution in [0.1, 0.15) is 52.7 Å². The highest BCUT2D eigenvalue weighted by atomic mass is 16.5. The van der Waals surface area contributed by atoms with E-state index in [1.54, 1.807) is 0 Å². The number of benzene rings is 4. The van der Waals surface area contributed by atoms with Gasteiger partial charge in [0.05, 0.1) is 5.69 Å². The van der Waals surface area contributed by atoms with E-state index in [1.165, 1.54) is 22.1 Å². The molecule has 0 aliphatic carbocycles. The van der Waals surface area contributed by atoms with Gasteiger partial charge < -0.3 is 9.47 Å². The molecule has 0 unspecified atom stereocenters. The monoisotopic (exact) mass is 535 g/mol. The van der Waals surface area contributed by atoms with Crippen molar-refractivity contribution < 1.29 is 9.47 Å². The number of nitrogens with zero attached hydrogens (tertiary/aromatic N) is 1. The number of ether oxygens (including phenoxy) is 2. The molecule has 2 aliphatic rings. The molecule has 0 saturated carbocycles. The molecule has 7 rings (SSSR count). The van der Waals surface area contributed by atoms with Gasteiger partial charge in [0.25, 0.3) is 6.71 Å². The van der Waals surface area contributed by atoms with Crippen molar-refractivity contribution in [2.24, 2.45) is 0 Å². The molecule has 4 aromatic carbocycles. The maximum Gasteiger partial charge on any atom is 0.260 e. The highest BCUT2D eigenvalue weighted by Crippen LogP contribution is 2.40. The Bertz CT molecular complexity index is 1720. The lowest BCUT2D eigenvalue weighted by molar-refractivity contribution is 0.464. The number of aromatic nitrogens is 1. The first-order valence-electron chi connectivity index (χ1n) is 14.4. The van der Waals surface area contributed by atoms with Gasteiger partial charge in [-0.3, -0.25) is 4.98 Å². The minimum Gasteiger partial charge on any atom is -0.458 e. The molecule has 1 aromatic heterocycles. The summed E-state index contributed by atoms with van der Waals surface area (Å²) in [5.74, 6) is 3.52. The summed E-state index contributed by atoms with van der Waals surface area (Å²) in [6, 6.07) is 32.2. The molecule has 3 nitrogen and oxygen atoms in total. The van der Waals surface area contributed by atoms with Gasteiger partial charge >= 0.3 is 0 Å². The van der Waals surface area contributed by atoms with Gasteiger partial charge in [-0.15, -0.1) is 0 Å². The zero-order chi connectivity index (χ0) is 28.5. The van der Waals surface area contributed by atoms with E-state index in [1.807, 2.05) is 24.4 Å². The molecule has 0 radical (unpaired) electrons. The third-order valence-corrected chi connectivity index (χ3v) is 8.37. The Balaban J connectivity index is 1.42. The third-order valence-electron chi connectivity index (χ3n) is 8.37. The van der Waals surface area contributed by atoms with Crippen LogP contribution in [0.3, 0.4) is 0 Å². The van der Waals surface area contributed by atoms with Gasteiger partial charge in [-0.25, -0.2) is 0 Å². The van der Waals surface area contributed by atoms with Crippen molar-refractivity contribution in [3.8, 4) is 45.4 Å². The van der Waals surface area contributed by atoms with Crippen LogP contribution in [0.2, 0.25) is 0 Å². The fourth-order valence-electron chi connectivity index (χ4n) is 5.98. The summed E-state index contributed by atoms with van der Waals surface area (Å²) in [4.78, 5) is 4.64. The second kappa shape index (κ2) is 9.11. The van der Waals surface area contributed by atoms with Gasteiger partial charge in [0.1, 0.15) is 23.0 Å². The Labute approximate surface area is 243 Å². The summed E-state index contributed by atoms with van der Waals surface area (Å²) in [6.45, 7) is 13.6. The van der Waals surface area contributed by atoms with Gasteiger partial charge in [0.15, 0.2) is 0 Å². The third kappa shape index (κ3) is 4.43. The van der Waals surface area contributed by atoms with Crippen molar-refractivity contribution in [2.45, 2.75) is 52.4 Å². The van der Waals surface area contributed by atoms with Gasteiger partial charge in [-0.1, -0.05) is 96.1 Å². The first-order chi connectivity index (χ1) is 19.6. The SMILES string of the molecule is CC(C)(C)c1ccc2c(c1)B1c3cc(C(C)(C)C)ccc3Oc3cc(-c4ccnc(-c5ccccc5)c4)cc(c31)O2. The summed E-state index contributed by atoms with van der Waals surface area (Å²) < 4.78 is 13.4. The molecule has 202 valence electrons. The summed E-state index contributed by atoms with van der Waals surface area (Å²) in [5, 5.41) is 0. The van der Waals surface area contributed by atoms with E-state index in [0.29, 0.717) is 0 Å². The lowest BCUT2D eigenvalue weighted by atomic mass is 9.34. The molecule has 0 bridgehead atoms. The average molecular weight is 535 g/mol. The summed E-state index contributed by atoms with van der Waals surface area (Å²) in [7, 11) is 0. The Morgan fingerprint density at radius 3 is 1.63 bits per heavy atom. The molecule has 4 heteroatoms. The van der Waals surface area contributed by atoms with E-state index in [2.05, 4.69) is 119 Å². The average Bonchev–Trinajstić information content (AvgIpc) is 2.96. The molecular weight excluding hydrogens is 501 g/mol. The second-order valence-corrected chi connectivity index (χ2v) is 13.3. The number of fused-ring (bicyclic) bond motifs is 4. The smallest absolute Gasteiger partial charge is 0.260 e. The zero-order valence-corrected chi connectivity index (χ0v) is 24.6. The largest absolute Gasteiger partial charge is 0.458 e. The van der Waals surface area contributed by atoms with E-state index in [9.17, 15) is 0 Å². The lowest BCUT2D eigenvalue weighted by Gasteiger charge is -2.35. The van der Waals surface area contributed by atoms with Crippen LogP contribution in [0.15, 0.2) is 97.2 Å². The Morgan fingerprint density at radius 1 is 0.537 bits per heavy atom. The highest BCUT2D eigenvalue weighted by molar-refractivity contribution is 6.98. The first kappa shape index (κ1) is 25.6. The van der Waals surface area contributed by atoms with Gasteiger partial charge in [-0.05, 0) is 80.4 Å². The fourth-order valence-corrected chi connectivity index (χ4v) is 5.98. The van der Waals surface area contributed by atoms with Crippen molar-refractivity contribution in [1.82, 2.24) is 4.98 Å². The number of hydrogen-bond acceptors (Lipinski definition) is 3. The number of hydrogen-bond donors (Lipinski definition) is 0. The van der Waals surface area contributed by atoms with Gasteiger partial charge in [0, 0.05) is 17.2 Å². The Morgan fingerprint density at radius 2 is 1.10 bits per heavy atom. The summed E-state index contributed by atoms with van der Waals surface area (Å²) in [6.07, 6.45) is 1.87. The van der Waals surface area contributed by atoms with Crippen LogP contribution in [0.25, 0.3) is 22.4 Å². The van der Waals surface area contributed by atoms with Crippen LogP contribution >= 0.6 is 0 Å². The van der Waals surface area contributed by atoms with Crippen LogP contribution in [0.5, 0.6) is 23.0 Å². The second-order valence-electron chi connectivity index (χ2n) is 13.3. The predicted molar refractivity (Wildman–Crippen MR) is 170 cm³/mol. The zero-order valence-electron chi connectivity index (χ0n) is 24.6. The molecule has 0 atom stereocenters. The molecule has 2 aliphatic heterocycles. The van der Waals surface area contributed by atoms with Crippen LogP contribution in [0.4, 0.5) is 0 Å². The molecule has 0 saturated heterocycles. The Kier molecular flexibility index (Phi) is 5.70. The molecule has 0 spiro atoms. The highest BCUT2D eigenvalue weighted by Gasteiger charge is 2.41. The maximum absolute atomic E-state index is 6.69. The van der Waals surface area contributed by atoms with Gasteiger partial charge in [-0.2, -0.15) is 0 Å². The first-order valence-corrected chi connectivity index (χ1v) is 14.4. The molecule has 0 fully saturated rings. The number of pyridine rings is 1. The molecule has 5 aromatic rings. The van der Waals surface area contributed by atoms with E-state index >= 15 is 0 Å². The Hall–Kier alpha value is -4.31. The van der Waals surface area contributed by atoms with Crippen molar-refractivity contribution in [2.75, 3.05) is 0 Å². The predicted octanol–water partition coefficient (Wildman–Crippen LogP) is 7.74. The number of rotatable bonds is 2. The molecular formula is C37H34BNO2. The van der Waals surface area contributed by atoms with E-state index < -0.39 is 0 Å². The van der Waals surface area contributed by atoms with E-state index in [-0.39, 0.29) is 17.5 Å². The minimum absolute atomic E-state index is 0.0288. The van der Waals surface area contributed by atoms with Crippen molar-refractivity contribution >= 4 is 23.1 Å². The van der Waals surface area contributed by atoms with Gasteiger partial charge in [0.2, 0.25) is 0 Å². The van der Waals surface area contributed by atoms with Crippen molar-refractivity contribution in [3.63, 3.8) is 0 Å². The van der Waals surface area contributed by atoms with E-state index in [0.717, 1.165) is 50.8 Å². The standard InChI is InChI=1S/C37H34BNO2/c1-36(2,3)26-12-14-31-28(21-26)38-29-22-27(37(4,5)6)13-15-32(29)41-34-20-25(19-33(40-31)35(34)38)24-16-17-39-30(18-24)23-10-8-7-9-11-23/h7-22H,1-6H3. The van der Waals surface area contributed by atoms with Crippen LogP contribution in [0, 0.1) is 0 Å². The fraction of sp³-hybridized carbons (Fsp3) is 0.216. The summed E-state index contributed by atoms with van der Waals surface area (Å²) in [5.41, 5.74) is 10.3. The minimum atomic E-state index is 0.0288. The van der Waals surface area contributed by atoms with Crippen molar-refractivity contribution in [1.29, 1.82) is 0 Å². The molecule has 0 amide bonds. The van der Waals surface area contributed by atoms with E-state index in [4.69, 9.17) is 9.47 Å². The molecule has 41 heavy (non-hydrogen) atoms. The maximum atomic E-state index is 6.69.